The summed E-state index contributed by atoms with van der Waals surface area (Å²) < 4.78 is 9.74. The van der Waals surface area contributed by atoms with Gasteiger partial charge in [-0.15, -0.1) is 11.3 Å². The summed E-state index contributed by atoms with van der Waals surface area (Å²) in [7, 11) is 0. The average molecular weight is 310 g/mol. The zero-order valence-corrected chi connectivity index (χ0v) is 12.6. The molecule has 0 spiro atoms. The number of H-pyrrole nitrogens is 1. The van der Waals surface area contributed by atoms with E-state index < -0.39 is 17.5 Å². The summed E-state index contributed by atoms with van der Waals surface area (Å²) in [6.07, 6.45) is 0. The molecular weight excluding hydrogens is 296 g/mol. The Balaban J connectivity index is 2.61. The van der Waals surface area contributed by atoms with E-state index in [4.69, 9.17) is 9.47 Å². The molecule has 0 aromatic carbocycles. The molecule has 8 heteroatoms. The van der Waals surface area contributed by atoms with E-state index in [2.05, 4.69) is 9.97 Å². The maximum atomic E-state index is 12.1. The monoisotopic (exact) mass is 310 g/mol. The summed E-state index contributed by atoms with van der Waals surface area (Å²) in [4.78, 5) is 43.0. The van der Waals surface area contributed by atoms with Crippen LogP contribution >= 0.6 is 11.3 Å². The van der Waals surface area contributed by atoms with E-state index in [0.717, 1.165) is 11.3 Å². The maximum absolute atomic E-state index is 12.1. The Morgan fingerprint density at radius 1 is 1.19 bits per heavy atom. The topological polar surface area (TPSA) is 98.3 Å². The van der Waals surface area contributed by atoms with Gasteiger partial charge in [0.1, 0.15) is 4.83 Å². The largest absolute Gasteiger partial charge is 0.462 e. The van der Waals surface area contributed by atoms with E-state index in [-0.39, 0.29) is 30.0 Å². The van der Waals surface area contributed by atoms with Crippen molar-refractivity contribution in [2.24, 2.45) is 0 Å². The average Bonchev–Trinajstić information content (AvgIpc) is 2.76. The van der Waals surface area contributed by atoms with Gasteiger partial charge in [-0.25, -0.2) is 14.6 Å². The molecule has 0 aliphatic carbocycles. The number of nitrogens with zero attached hydrogens (tertiary/aromatic N) is 1. The minimum absolute atomic E-state index is 0.143. The van der Waals surface area contributed by atoms with E-state index in [1.54, 1.807) is 20.8 Å². The molecule has 7 nitrogen and oxygen atoms in total. The highest BCUT2D eigenvalue weighted by molar-refractivity contribution is 7.19. The molecule has 0 atom stereocenters. The van der Waals surface area contributed by atoms with E-state index in [9.17, 15) is 14.4 Å². The zero-order chi connectivity index (χ0) is 15.6. The quantitative estimate of drug-likeness (QED) is 0.862. The normalized spacial score (nSPS) is 10.6. The lowest BCUT2D eigenvalue weighted by atomic mass is 10.2. The van der Waals surface area contributed by atoms with Crippen LogP contribution in [0.5, 0.6) is 0 Å². The van der Waals surface area contributed by atoms with E-state index in [0.29, 0.717) is 9.71 Å². The number of hydrogen-bond donors (Lipinski definition) is 1. The second kappa shape index (κ2) is 6.04. The Bertz CT molecular complexity index is 762. The summed E-state index contributed by atoms with van der Waals surface area (Å²) in [6.45, 7) is 5.42. The SMILES string of the molecule is CCOC(=O)c1nc2sc(C)c(C(=O)OCC)c2c(=O)[nH]1. The predicted octanol–water partition coefficient (Wildman–Crippen LogP) is 1.65. The Morgan fingerprint density at radius 3 is 2.43 bits per heavy atom. The highest BCUT2D eigenvalue weighted by atomic mass is 32.1. The number of ether oxygens (including phenoxy) is 2. The smallest absolute Gasteiger partial charge is 0.374 e. The first kappa shape index (κ1) is 15.2. The molecule has 0 amide bonds. The third kappa shape index (κ3) is 2.80. The van der Waals surface area contributed by atoms with Crippen LogP contribution in [0.25, 0.3) is 10.2 Å². The Morgan fingerprint density at radius 2 is 1.81 bits per heavy atom. The number of hydrogen-bond acceptors (Lipinski definition) is 7. The van der Waals surface area contributed by atoms with Gasteiger partial charge in [-0.2, -0.15) is 0 Å². The second-order valence-corrected chi connectivity index (χ2v) is 5.27. The van der Waals surface area contributed by atoms with Crippen molar-refractivity contribution in [1.82, 2.24) is 9.97 Å². The number of aromatic nitrogens is 2. The highest BCUT2D eigenvalue weighted by Gasteiger charge is 2.23. The van der Waals surface area contributed by atoms with Gasteiger partial charge in [0.15, 0.2) is 0 Å². The standard InChI is InChI=1S/C13H14N2O5S/c1-4-19-12(17)7-6(3)21-11-8(7)10(16)14-9(15-11)13(18)20-5-2/h4-5H2,1-3H3,(H,14,15,16). The summed E-state index contributed by atoms with van der Waals surface area (Å²) in [5.74, 6) is -1.45. The Hall–Kier alpha value is -2.22. The first-order valence-corrected chi connectivity index (χ1v) is 7.18. The molecule has 2 aromatic rings. The van der Waals surface area contributed by atoms with Crippen LogP contribution in [0, 0.1) is 6.92 Å². The molecule has 0 bridgehead atoms. The number of carbonyl (C=O) groups excluding carboxylic acids is 2. The van der Waals surface area contributed by atoms with Crippen LogP contribution in [0.1, 0.15) is 39.7 Å². The van der Waals surface area contributed by atoms with Crippen molar-refractivity contribution < 1.29 is 19.1 Å². The third-order valence-corrected chi connectivity index (χ3v) is 3.69. The summed E-state index contributed by atoms with van der Waals surface area (Å²) >= 11 is 1.16. The number of carbonyl (C=O) groups is 2. The fourth-order valence-corrected chi connectivity index (χ4v) is 2.88. The van der Waals surface area contributed by atoms with E-state index in [1.807, 2.05) is 0 Å². The summed E-state index contributed by atoms with van der Waals surface area (Å²) in [5, 5.41) is 0.143. The summed E-state index contributed by atoms with van der Waals surface area (Å²) in [6, 6.07) is 0. The van der Waals surface area contributed by atoms with Gasteiger partial charge in [0.05, 0.1) is 24.2 Å². The van der Waals surface area contributed by atoms with Crippen LogP contribution in [0.15, 0.2) is 4.79 Å². The fraction of sp³-hybridized carbons (Fsp3) is 0.385. The van der Waals surface area contributed by atoms with Crippen LogP contribution in [-0.2, 0) is 9.47 Å². The number of rotatable bonds is 4. The van der Waals surface area contributed by atoms with E-state index in [1.165, 1.54) is 0 Å². The van der Waals surface area contributed by atoms with Gasteiger partial charge in [0, 0.05) is 4.88 Å². The molecule has 0 fully saturated rings. The van der Waals surface area contributed by atoms with Gasteiger partial charge >= 0.3 is 11.9 Å². The number of nitrogens with one attached hydrogen (secondary N) is 1. The number of aromatic amines is 1. The second-order valence-electron chi connectivity index (χ2n) is 4.07. The minimum Gasteiger partial charge on any atom is -0.462 e. The first-order chi connectivity index (χ1) is 9.99. The van der Waals surface area contributed by atoms with Crippen LogP contribution in [0.4, 0.5) is 0 Å². The van der Waals surface area contributed by atoms with Crippen molar-refractivity contribution in [3.05, 3.63) is 26.6 Å². The fourth-order valence-electron chi connectivity index (χ4n) is 1.86. The lowest BCUT2D eigenvalue weighted by Crippen LogP contribution is -2.19. The molecule has 1 N–H and O–H groups in total. The van der Waals surface area contributed by atoms with Crippen molar-refractivity contribution in [2.75, 3.05) is 13.2 Å². The molecule has 21 heavy (non-hydrogen) atoms. The molecule has 0 saturated heterocycles. The van der Waals surface area contributed by atoms with Crippen LogP contribution < -0.4 is 5.56 Å². The van der Waals surface area contributed by atoms with Gasteiger partial charge in [-0.1, -0.05) is 0 Å². The molecule has 0 saturated carbocycles. The maximum Gasteiger partial charge on any atom is 0.374 e. The van der Waals surface area contributed by atoms with Crippen LogP contribution in [0.2, 0.25) is 0 Å². The van der Waals surface area contributed by atoms with Gasteiger partial charge in [0.25, 0.3) is 5.56 Å². The molecule has 112 valence electrons. The van der Waals surface area contributed by atoms with Gasteiger partial charge in [-0.05, 0) is 20.8 Å². The lowest BCUT2D eigenvalue weighted by molar-refractivity contribution is 0.0509. The van der Waals surface area contributed by atoms with Crippen LogP contribution in [-0.4, -0.2) is 35.1 Å². The number of thiophene rings is 1. The van der Waals surface area contributed by atoms with E-state index >= 15 is 0 Å². The molecule has 0 aliphatic heterocycles. The van der Waals surface area contributed by atoms with Gasteiger partial charge in [-0.3, -0.25) is 4.79 Å². The molecule has 2 heterocycles. The third-order valence-electron chi connectivity index (χ3n) is 2.69. The number of aryl methyl sites for hydroxylation is 1. The molecular formula is C13H14N2O5S. The zero-order valence-electron chi connectivity index (χ0n) is 11.8. The summed E-state index contributed by atoms with van der Waals surface area (Å²) in [5.41, 5.74) is -0.364. The number of esters is 2. The molecule has 0 unspecified atom stereocenters. The molecule has 2 rings (SSSR count). The minimum atomic E-state index is -0.708. The molecule has 0 aliphatic rings. The van der Waals surface area contributed by atoms with Crippen molar-refractivity contribution in [3.63, 3.8) is 0 Å². The molecule has 0 radical (unpaired) electrons. The van der Waals surface area contributed by atoms with Crippen molar-refractivity contribution in [3.8, 4) is 0 Å². The number of fused-ring (bicyclic) bond motifs is 1. The predicted molar refractivity (Wildman–Crippen MR) is 76.9 cm³/mol. The van der Waals surface area contributed by atoms with Gasteiger partial charge < -0.3 is 14.5 Å². The highest BCUT2D eigenvalue weighted by Crippen LogP contribution is 2.27. The Labute approximate surface area is 123 Å². The van der Waals surface area contributed by atoms with Crippen molar-refractivity contribution in [1.29, 1.82) is 0 Å². The lowest BCUT2D eigenvalue weighted by Gasteiger charge is -2.02. The Kier molecular flexibility index (Phi) is 4.37. The van der Waals surface area contributed by atoms with Gasteiger partial charge in [0.2, 0.25) is 5.82 Å². The van der Waals surface area contributed by atoms with Crippen LogP contribution in [0.3, 0.4) is 0 Å². The van der Waals surface area contributed by atoms with Crippen molar-refractivity contribution in [2.45, 2.75) is 20.8 Å². The molecule has 2 aromatic heterocycles. The first-order valence-electron chi connectivity index (χ1n) is 6.37. The van der Waals surface area contributed by atoms with Crippen molar-refractivity contribution >= 4 is 33.5 Å².